The van der Waals surface area contributed by atoms with Gasteiger partial charge in [-0.25, -0.2) is 0 Å². The van der Waals surface area contributed by atoms with Gasteiger partial charge in [0.15, 0.2) is 0 Å². The van der Waals surface area contributed by atoms with Gasteiger partial charge in [-0.2, -0.15) is 0 Å². The smallest absolute Gasteiger partial charge is 0.230 e. The first-order chi connectivity index (χ1) is 13.8. The van der Waals surface area contributed by atoms with Gasteiger partial charge in [-0.3, -0.25) is 4.79 Å². The van der Waals surface area contributed by atoms with Crippen molar-refractivity contribution in [2.45, 2.75) is 58.7 Å². The number of benzene rings is 2. The van der Waals surface area contributed by atoms with Gasteiger partial charge in [-0.05, 0) is 58.0 Å². The number of carbonyl (C=O) groups excluding carboxylic acids is 1. The topological polar surface area (TPSA) is 52.6 Å². The van der Waals surface area contributed by atoms with E-state index in [9.17, 15) is 10.0 Å². The maximum atomic E-state index is 14.1. The van der Waals surface area contributed by atoms with Gasteiger partial charge in [0.25, 0.3) is 0 Å². The van der Waals surface area contributed by atoms with Gasteiger partial charge in [0, 0.05) is 30.1 Å². The van der Waals surface area contributed by atoms with Crippen molar-refractivity contribution in [2.24, 2.45) is 0 Å². The van der Waals surface area contributed by atoms with Gasteiger partial charge in [0.2, 0.25) is 5.91 Å². The average Bonchev–Trinajstić information content (AvgIpc) is 2.71. The van der Waals surface area contributed by atoms with E-state index in [4.69, 9.17) is 4.74 Å². The predicted octanol–water partition coefficient (Wildman–Crippen LogP) is 4.83. The highest BCUT2D eigenvalue weighted by Crippen LogP contribution is 2.44. The van der Waals surface area contributed by atoms with E-state index in [1.807, 2.05) is 81.1 Å². The molecule has 0 radical (unpaired) electrons. The molecule has 2 aromatic carbocycles. The van der Waals surface area contributed by atoms with Crippen molar-refractivity contribution < 1.29 is 9.53 Å². The quantitative estimate of drug-likeness (QED) is 0.519. The van der Waals surface area contributed by atoms with Crippen LogP contribution in [0.5, 0.6) is 5.75 Å². The Balaban J connectivity index is 1.98. The third-order valence-corrected chi connectivity index (χ3v) is 6.13. The molecule has 0 aliphatic carbocycles. The summed E-state index contributed by atoms with van der Waals surface area (Å²) in [5.41, 5.74) is 2.54. The van der Waals surface area contributed by atoms with Crippen LogP contribution in [0.1, 0.15) is 51.2 Å². The fourth-order valence-corrected chi connectivity index (χ4v) is 4.46. The molecule has 1 aliphatic heterocycles. The second-order valence-corrected chi connectivity index (χ2v) is 8.22. The third kappa shape index (κ3) is 4.02. The SMILES string of the molecule is CCN(C(=O)[C@H]1CC(C)[N+]([O-])(Cc2ccc(OC)cc2)c2ccccc21)C(C)C. The Kier molecular flexibility index (Phi) is 6.30. The van der Waals surface area contributed by atoms with Gasteiger partial charge < -0.3 is 19.5 Å². The van der Waals surface area contributed by atoms with E-state index in [1.54, 1.807) is 7.11 Å². The molecule has 3 rings (SSSR count). The number of nitrogens with zero attached hydrogens (tertiary/aromatic N) is 2. The summed E-state index contributed by atoms with van der Waals surface area (Å²) in [4.78, 5) is 15.2. The van der Waals surface area contributed by atoms with E-state index in [0.29, 0.717) is 25.2 Å². The number of hydrogen-bond donors (Lipinski definition) is 0. The van der Waals surface area contributed by atoms with Crippen LogP contribution in [0.4, 0.5) is 5.69 Å². The summed E-state index contributed by atoms with van der Waals surface area (Å²) < 4.78 is 4.78. The second kappa shape index (κ2) is 8.56. The number of methoxy groups -OCH3 is 1. The highest BCUT2D eigenvalue weighted by atomic mass is 16.5. The number of carbonyl (C=O) groups is 1. The fourth-order valence-electron chi connectivity index (χ4n) is 4.46. The highest BCUT2D eigenvalue weighted by Gasteiger charge is 2.43. The van der Waals surface area contributed by atoms with Crippen LogP contribution in [0.2, 0.25) is 0 Å². The van der Waals surface area contributed by atoms with Crippen molar-refractivity contribution in [3.63, 3.8) is 0 Å². The molecule has 0 saturated carbocycles. The van der Waals surface area contributed by atoms with Crippen LogP contribution in [0.15, 0.2) is 48.5 Å². The molecular weight excluding hydrogens is 364 g/mol. The number of ether oxygens (including phenoxy) is 1. The molecule has 5 nitrogen and oxygen atoms in total. The van der Waals surface area contributed by atoms with Gasteiger partial charge >= 0.3 is 0 Å². The van der Waals surface area contributed by atoms with Crippen molar-refractivity contribution in [2.75, 3.05) is 13.7 Å². The minimum absolute atomic E-state index is 0.123. The zero-order valence-electron chi connectivity index (χ0n) is 18.1. The summed E-state index contributed by atoms with van der Waals surface area (Å²) in [6, 6.07) is 15.3. The van der Waals surface area contributed by atoms with Gasteiger partial charge in [0.05, 0.1) is 19.1 Å². The Morgan fingerprint density at radius 3 is 2.45 bits per heavy atom. The lowest BCUT2D eigenvalue weighted by molar-refractivity contribution is -0.135. The van der Waals surface area contributed by atoms with Gasteiger partial charge in [-0.15, -0.1) is 0 Å². The number of amides is 1. The van der Waals surface area contributed by atoms with Crippen LogP contribution in [0, 0.1) is 5.21 Å². The molecule has 2 aromatic rings. The summed E-state index contributed by atoms with van der Waals surface area (Å²) in [6.07, 6.45) is 0.554. The molecule has 156 valence electrons. The summed E-state index contributed by atoms with van der Waals surface area (Å²) in [6.45, 7) is 9.07. The summed E-state index contributed by atoms with van der Waals surface area (Å²) in [5, 5.41) is 14.1. The molecule has 0 N–H and O–H groups in total. The first kappa shape index (κ1) is 21.3. The van der Waals surface area contributed by atoms with Crippen molar-refractivity contribution in [3.8, 4) is 5.75 Å². The molecule has 0 spiro atoms. The minimum atomic E-state index is -0.444. The zero-order chi connectivity index (χ0) is 21.2. The third-order valence-electron chi connectivity index (χ3n) is 6.13. The van der Waals surface area contributed by atoms with Crippen molar-refractivity contribution >= 4 is 11.6 Å². The minimum Gasteiger partial charge on any atom is -0.627 e. The number of hydrogen-bond acceptors (Lipinski definition) is 3. The lowest BCUT2D eigenvalue weighted by Crippen LogP contribution is -2.55. The van der Waals surface area contributed by atoms with E-state index < -0.39 is 4.65 Å². The van der Waals surface area contributed by atoms with Crippen LogP contribution in [0.3, 0.4) is 0 Å². The molecule has 5 heteroatoms. The Morgan fingerprint density at radius 1 is 1.21 bits per heavy atom. The van der Waals surface area contributed by atoms with Crippen LogP contribution < -0.4 is 9.38 Å². The lowest BCUT2D eigenvalue weighted by Gasteiger charge is -2.52. The van der Waals surface area contributed by atoms with E-state index in [2.05, 4.69) is 0 Å². The molecule has 1 aliphatic rings. The molecule has 0 aromatic heterocycles. The van der Waals surface area contributed by atoms with E-state index >= 15 is 0 Å². The Hall–Kier alpha value is -2.37. The Morgan fingerprint density at radius 2 is 1.86 bits per heavy atom. The molecule has 0 saturated heterocycles. The molecule has 29 heavy (non-hydrogen) atoms. The van der Waals surface area contributed by atoms with Crippen LogP contribution in [-0.4, -0.2) is 36.5 Å². The van der Waals surface area contributed by atoms with Crippen molar-refractivity contribution in [1.29, 1.82) is 0 Å². The highest BCUT2D eigenvalue weighted by molar-refractivity contribution is 5.86. The lowest BCUT2D eigenvalue weighted by atomic mass is 9.84. The zero-order valence-corrected chi connectivity index (χ0v) is 18.1. The number of hydroxylamine groups is 2. The first-order valence-electron chi connectivity index (χ1n) is 10.4. The maximum Gasteiger partial charge on any atom is 0.230 e. The molecule has 1 heterocycles. The molecule has 0 fully saturated rings. The molecule has 2 unspecified atom stereocenters. The van der Waals surface area contributed by atoms with E-state index in [-0.39, 0.29) is 23.9 Å². The average molecular weight is 397 g/mol. The normalized spacial score (nSPS) is 23.6. The van der Waals surface area contributed by atoms with Gasteiger partial charge in [-0.1, -0.05) is 18.2 Å². The van der Waals surface area contributed by atoms with E-state index in [1.165, 1.54) is 0 Å². The number of fused-ring (bicyclic) bond motifs is 1. The first-order valence-corrected chi connectivity index (χ1v) is 10.4. The Labute approximate surface area is 174 Å². The molecule has 0 bridgehead atoms. The van der Waals surface area contributed by atoms with E-state index in [0.717, 1.165) is 16.9 Å². The standard InChI is InChI=1S/C24H32N2O3/c1-6-25(17(2)3)24(27)22-15-18(4)26(28,23-10-8-7-9-21(22)23)16-19-11-13-20(29-5)14-12-19/h7-14,17-18,22H,6,15-16H2,1-5H3/t18?,22-,26?/m0/s1. The summed E-state index contributed by atoms with van der Waals surface area (Å²) in [7, 11) is 1.63. The number of para-hydroxylation sites is 1. The molecule has 1 amide bonds. The summed E-state index contributed by atoms with van der Waals surface area (Å²) in [5.74, 6) is 0.634. The molecule has 3 atom stereocenters. The predicted molar refractivity (Wildman–Crippen MR) is 118 cm³/mol. The van der Waals surface area contributed by atoms with Gasteiger partial charge in [0.1, 0.15) is 18.0 Å². The van der Waals surface area contributed by atoms with Crippen LogP contribution in [0.25, 0.3) is 0 Å². The number of likely N-dealkylation sites (N-methyl/N-ethyl adjacent to an activating group) is 1. The maximum absolute atomic E-state index is 14.1. The fraction of sp³-hybridized carbons (Fsp3) is 0.458. The Bertz CT molecular complexity index is 849. The summed E-state index contributed by atoms with van der Waals surface area (Å²) >= 11 is 0. The largest absolute Gasteiger partial charge is 0.627 e. The van der Waals surface area contributed by atoms with Crippen LogP contribution in [-0.2, 0) is 11.3 Å². The monoisotopic (exact) mass is 396 g/mol. The van der Waals surface area contributed by atoms with Crippen LogP contribution >= 0.6 is 0 Å². The van der Waals surface area contributed by atoms with Crippen molar-refractivity contribution in [3.05, 3.63) is 64.9 Å². The number of rotatable bonds is 6. The van der Waals surface area contributed by atoms with Crippen molar-refractivity contribution in [1.82, 2.24) is 9.55 Å². The number of quaternary nitrogens is 1. The molecular formula is C24H32N2O3. The second-order valence-electron chi connectivity index (χ2n) is 8.22.